The highest BCUT2D eigenvalue weighted by atomic mass is 19.1. The van der Waals surface area contributed by atoms with E-state index < -0.39 is 5.91 Å². The molecule has 3 nitrogen and oxygen atoms in total. The first kappa shape index (κ1) is 13.2. The van der Waals surface area contributed by atoms with Crippen LogP contribution in [-0.4, -0.2) is 10.5 Å². The highest BCUT2D eigenvalue weighted by Crippen LogP contribution is 2.36. The zero-order valence-corrected chi connectivity index (χ0v) is 11.7. The number of benzene rings is 1. The van der Waals surface area contributed by atoms with Gasteiger partial charge in [0.25, 0.3) is 5.91 Å². The van der Waals surface area contributed by atoms with Gasteiger partial charge in [-0.15, -0.1) is 0 Å². The van der Waals surface area contributed by atoms with Crippen LogP contribution in [0.5, 0.6) is 0 Å². The van der Waals surface area contributed by atoms with Crippen molar-refractivity contribution in [2.24, 2.45) is 5.73 Å². The first-order valence-electron chi connectivity index (χ1n) is 7.19. The molecule has 0 spiro atoms. The number of halogens is 1. The molecular formula is C16H19FN2O. The lowest BCUT2D eigenvalue weighted by atomic mass is 9.95. The van der Waals surface area contributed by atoms with Crippen LogP contribution in [0.1, 0.15) is 54.2 Å². The molecule has 20 heavy (non-hydrogen) atoms. The molecule has 1 aliphatic carbocycles. The molecule has 1 aromatic carbocycles. The minimum Gasteiger partial charge on any atom is -0.366 e. The number of rotatable bonds is 2. The fraction of sp³-hybridized carbons (Fsp3) is 0.438. The molecule has 1 heterocycles. The standard InChI is InChI=1S/C16H19FN2O/c1-10-15(16(18)20)13-8-7-11(17)9-14(13)19(10)12-5-3-2-4-6-12/h7-9,12H,2-6H2,1H3,(H2,18,20). The largest absolute Gasteiger partial charge is 0.366 e. The number of amides is 1. The van der Waals surface area contributed by atoms with Crippen molar-refractivity contribution in [3.05, 3.63) is 35.3 Å². The van der Waals surface area contributed by atoms with E-state index in [1.54, 1.807) is 6.07 Å². The molecule has 3 rings (SSSR count). The Balaban J connectivity index is 2.26. The summed E-state index contributed by atoms with van der Waals surface area (Å²) in [5, 5.41) is 0.766. The van der Waals surface area contributed by atoms with Gasteiger partial charge >= 0.3 is 0 Å². The zero-order valence-electron chi connectivity index (χ0n) is 11.7. The topological polar surface area (TPSA) is 48.0 Å². The smallest absolute Gasteiger partial charge is 0.251 e. The molecule has 0 aliphatic heterocycles. The van der Waals surface area contributed by atoms with Gasteiger partial charge in [-0.2, -0.15) is 0 Å². The average molecular weight is 274 g/mol. The van der Waals surface area contributed by atoms with Gasteiger partial charge in [-0.3, -0.25) is 4.79 Å². The van der Waals surface area contributed by atoms with E-state index in [2.05, 4.69) is 4.57 Å². The molecule has 1 fully saturated rings. The normalized spacial score (nSPS) is 16.7. The van der Waals surface area contributed by atoms with Crippen LogP contribution in [0.15, 0.2) is 18.2 Å². The molecule has 0 unspecified atom stereocenters. The maximum absolute atomic E-state index is 13.6. The summed E-state index contributed by atoms with van der Waals surface area (Å²) in [5.41, 5.74) is 7.71. The average Bonchev–Trinajstić information content (AvgIpc) is 2.71. The van der Waals surface area contributed by atoms with Gasteiger partial charge in [0.15, 0.2) is 0 Å². The maximum Gasteiger partial charge on any atom is 0.251 e. The van der Waals surface area contributed by atoms with Crippen molar-refractivity contribution < 1.29 is 9.18 Å². The van der Waals surface area contributed by atoms with Gasteiger partial charge in [-0.05, 0) is 38.0 Å². The van der Waals surface area contributed by atoms with E-state index in [9.17, 15) is 9.18 Å². The quantitative estimate of drug-likeness (QED) is 0.892. The number of carbonyl (C=O) groups excluding carboxylic acids is 1. The Labute approximate surface area is 117 Å². The summed E-state index contributed by atoms with van der Waals surface area (Å²) < 4.78 is 15.7. The molecule has 106 valence electrons. The van der Waals surface area contributed by atoms with Crippen LogP contribution in [0.3, 0.4) is 0 Å². The third kappa shape index (κ3) is 1.99. The number of hydrogen-bond donors (Lipinski definition) is 1. The maximum atomic E-state index is 13.6. The van der Waals surface area contributed by atoms with Gasteiger partial charge in [0.1, 0.15) is 5.82 Å². The molecular weight excluding hydrogens is 255 g/mol. The molecule has 1 aliphatic rings. The second kappa shape index (κ2) is 4.93. The van der Waals surface area contributed by atoms with Crippen molar-refractivity contribution in [2.45, 2.75) is 45.1 Å². The molecule has 0 radical (unpaired) electrons. The molecule has 1 amide bonds. The lowest BCUT2D eigenvalue weighted by Crippen LogP contribution is -2.16. The monoisotopic (exact) mass is 274 g/mol. The van der Waals surface area contributed by atoms with E-state index in [0.717, 1.165) is 29.4 Å². The minimum atomic E-state index is -0.436. The number of aromatic nitrogens is 1. The van der Waals surface area contributed by atoms with Crippen LogP contribution < -0.4 is 5.73 Å². The second-order valence-electron chi connectivity index (χ2n) is 5.65. The molecule has 0 atom stereocenters. The van der Waals surface area contributed by atoms with Crippen LogP contribution in [0.2, 0.25) is 0 Å². The first-order chi connectivity index (χ1) is 9.59. The van der Waals surface area contributed by atoms with Crippen molar-refractivity contribution in [3.63, 3.8) is 0 Å². The number of fused-ring (bicyclic) bond motifs is 1. The van der Waals surface area contributed by atoms with E-state index in [0.29, 0.717) is 11.6 Å². The Hall–Kier alpha value is -1.84. The van der Waals surface area contributed by atoms with E-state index in [-0.39, 0.29) is 5.82 Å². The van der Waals surface area contributed by atoms with Crippen molar-refractivity contribution in [2.75, 3.05) is 0 Å². The van der Waals surface area contributed by atoms with Crippen LogP contribution in [0, 0.1) is 12.7 Å². The van der Waals surface area contributed by atoms with Crippen LogP contribution >= 0.6 is 0 Å². The summed E-state index contributed by atoms with van der Waals surface area (Å²) >= 11 is 0. The van der Waals surface area contributed by atoms with E-state index >= 15 is 0 Å². The van der Waals surface area contributed by atoms with Crippen molar-refractivity contribution >= 4 is 16.8 Å². The zero-order chi connectivity index (χ0) is 14.3. The molecule has 0 saturated heterocycles. The molecule has 4 heteroatoms. The predicted molar refractivity (Wildman–Crippen MR) is 77.3 cm³/mol. The number of carbonyl (C=O) groups is 1. The Bertz CT molecular complexity index is 669. The van der Waals surface area contributed by atoms with Crippen molar-refractivity contribution in [1.29, 1.82) is 0 Å². The number of primary amides is 1. The number of nitrogens with zero attached hydrogens (tertiary/aromatic N) is 1. The third-order valence-corrected chi connectivity index (χ3v) is 4.40. The fourth-order valence-corrected chi connectivity index (χ4v) is 3.53. The van der Waals surface area contributed by atoms with E-state index in [1.165, 1.54) is 31.4 Å². The highest BCUT2D eigenvalue weighted by Gasteiger charge is 2.24. The van der Waals surface area contributed by atoms with Crippen LogP contribution in [-0.2, 0) is 0 Å². The van der Waals surface area contributed by atoms with Gasteiger partial charge in [0.05, 0.1) is 11.1 Å². The molecule has 2 N–H and O–H groups in total. The summed E-state index contributed by atoms with van der Waals surface area (Å²) in [4.78, 5) is 11.7. The summed E-state index contributed by atoms with van der Waals surface area (Å²) in [5.74, 6) is -0.711. The minimum absolute atomic E-state index is 0.275. The molecule has 2 aromatic rings. The molecule has 0 bridgehead atoms. The Kier molecular flexibility index (Phi) is 3.24. The Morgan fingerprint density at radius 3 is 2.65 bits per heavy atom. The number of nitrogens with two attached hydrogens (primary N) is 1. The van der Waals surface area contributed by atoms with Crippen LogP contribution in [0.25, 0.3) is 10.9 Å². The van der Waals surface area contributed by atoms with Crippen molar-refractivity contribution in [3.8, 4) is 0 Å². The molecule has 1 aromatic heterocycles. The van der Waals surface area contributed by atoms with Gasteiger partial charge in [0, 0.05) is 17.1 Å². The van der Waals surface area contributed by atoms with Gasteiger partial charge < -0.3 is 10.3 Å². The first-order valence-corrected chi connectivity index (χ1v) is 7.19. The Morgan fingerprint density at radius 1 is 1.30 bits per heavy atom. The predicted octanol–water partition coefficient (Wildman–Crippen LogP) is 3.69. The second-order valence-corrected chi connectivity index (χ2v) is 5.65. The van der Waals surface area contributed by atoms with Gasteiger partial charge in [-0.25, -0.2) is 4.39 Å². The summed E-state index contributed by atoms with van der Waals surface area (Å²) in [6.45, 7) is 1.91. The summed E-state index contributed by atoms with van der Waals surface area (Å²) in [7, 11) is 0. The highest BCUT2D eigenvalue weighted by molar-refractivity contribution is 6.07. The number of hydrogen-bond acceptors (Lipinski definition) is 1. The molecule has 1 saturated carbocycles. The summed E-state index contributed by atoms with van der Waals surface area (Å²) in [6, 6.07) is 4.92. The fourth-order valence-electron chi connectivity index (χ4n) is 3.53. The summed E-state index contributed by atoms with van der Waals surface area (Å²) in [6.07, 6.45) is 5.79. The third-order valence-electron chi connectivity index (χ3n) is 4.40. The van der Waals surface area contributed by atoms with Gasteiger partial charge in [-0.1, -0.05) is 19.3 Å². The van der Waals surface area contributed by atoms with Crippen molar-refractivity contribution in [1.82, 2.24) is 4.57 Å². The van der Waals surface area contributed by atoms with Gasteiger partial charge in [0.2, 0.25) is 0 Å². The lowest BCUT2D eigenvalue weighted by molar-refractivity contribution is 0.100. The lowest BCUT2D eigenvalue weighted by Gasteiger charge is -2.25. The SMILES string of the molecule is Cc1c(C(N)=O)c2ccc(F)cc2n1C1CCCCC1. The van der Waals surface area contributed by atoms with Crippen LogP contribution in [0.4, 0.5) is 4.39 Å². The Morgan fingerprint density at radius 2 is 2.00 bits per heavy atom. The van der Waals surface area contributed by atoms with E-state index in [4.69, 9.17) is 5.73 Å². The van der Waals surface area contributed by atoms with E-state index in [1.807, 2.05) is 6.92 Å².